The molecule has 0 aliphatic carbocycles. The Morgan fingerprint density at radius 3 is 2.44 bits per heavy atom. The van der Waals surface area contributed by atoms with Crippen LogP contribution >= 0.6 is 11.6 Å². The molecule has 6 heteroatoms. The normalized spacial score (nSPS) is 10.6. The number of aryl methyl sites for hydroxylation is 1. The summed E-state index contributed by atoms with van der Waals surface area (Å²) in [5.41, 5.74) is 6.76. The summed E-state index contributed by atoms with van der Waals surface area (Å²) in [5, 5.41) is 17.1. The van der Waals surface area contributed by atoms with Crippen LogP contribution in [0.25, 0.3) is 5.69 Å². The minimum Gasteiger partial charge on any atom is -0.322 e. The molecule has 0 radical (unpaired) electrons. The maximum atomic E-state index is 12.5. The third-order valence-electron chi connectivity index (χ3n) is 5.39. The molecule has 1 aromatic heterocycles. The van der Waals surface area contributed by atoms with Crippen LogP contribution in [0.2, 0.25) is 5.02 Å². The van der Waals surface area contributed by atoms with Gasteiger partial charge in [0.2, 0.25) is 0 Å². The number of benzene rings is 3. The van der Waals surface area contributed by atoms with Crippen LogP contribution in [-0.2, 0) is 6.42 Å². The van der Waals surface area contributed by atoms with Gasteiger partial charge in [-0.15, -0.1) is 0 Å². The van der Waals surface area contributed by atoms with E-state index in [1.807, 2.05) is 79.2 Å². The van der Waals surface area contributed by atoms with Crippen molar-refractivity contribution in [1.82, 2.24) is 9.78 Å². The molecule has 1 N–H and O–H groups in total. The highest BCUT2D eigenvalue weighted by Gasteiger charge is 2.15. The Kier molecular flexibility index (Phi) is 6.07. The molecule has 0 bridgehead atoms. The molecule has 0 aliphatic heterocycles. The molecule has 1 amide bonds. The molecule has 0 unspecified atom stereocenters. The maximum Gasteiger partial charge on any atom is 0.255 e. The van der Waals surface area contributed by atoms with Gasteiger partial charge in [0.05, 0.1) is 22.0 Å². The molecule has 158 valence electrons. The zero-order valence-corrected chi connectivity index (χ0v) is 18.5. The zero-order chi connectivity index (χ0) is 22.7. The Balaban J connectivity index is 1.53. The van der Waals surface area contributed by atoms with Gasteiger partial charge in [-0.2, -0.15) is 10.4 Å². The second-order valence-corrected chi connectivity index (χ2v) is 7.94. The van der Waals surface area contributed by atoms with E-state index in [-0.39, 0.29) is 5.91 Å². The summed E-state index contributed by atoms with van der Waals surface area (Å²) >= 11 is 6.20. The zero-order valence-electron chi connectivity index (χ0n) is 17.8. The topological polar surface area (TPSA) is 70.7 Å². The minimum absolute atomic E-state index is 0.138. The van der Waals surface area contributed by atoms with Gasteiger partial charge in [0.1, 0.15) is 6.07 Å². The molecular formula is C26H21ClN4O. The number of amides is 1. The minimum atomic E-state index is -0.138. The Hall–Kier alpha value is -3.88. The van der Waals surface area contributed by atoms with Gasteiger partial charge in [-0.1, -0.05) is 41.9 Å². The van der Waals surface area contributed by atoms with Crippen molar-refractivity contribution in [3.05, 3.63) is 111 Å². The lowest BCUT2D eigenvalue weighted by atomic mass is 10.0. The number of nitriles is 1. The average Bonchev–Trinajstić information content (AvgIpc) is 3.08. The number of carbonyl (C=O) groups is 1. The average molecular weight is 441 g/mol. The molecule has 1 heterocycles. The molecule has 0 spiro atoms. The molecule has 5 nitrogen and oxygen atoms in total. The first-order chi connectivity index (χ1) is 15.5. The predicted molar refractivity (Wildman–Crippen MR) is 126 cm³/mol. The van der Waals surface area contributed by atoms with Crippen LogP contribution in [0.15, 0.2) is 72.8 Å². The van der Waals surface area contributed by atoms with E-state index in [4.69, 9.17) is 16.9 Å². The number of nitrogens with zero attached hydrogens (tertiary/aromatic N) is 3. The van der Waals surface area contributed by atoms with Gasteiger partial charge < -0.3 is 5.32 Å². The first-order valence-electron chi connectivity index (χ1n) is 10.2. The highest BCUT2D eigenvalue weighted by Crippen LogP contribution is 2.24. The van der Waals surface area contributed by atoms with Gasteiger partial charge in [-0.3, -0.25) is 4.79 Å². The monoisotopic (exact) mass is 440 g/mol. The fraction of sp³-hybridized carbons (Fsp3) is 0.115. The van der Waals surface area contributed by atoms with E-state index in [2.05, 4.69) is 16.5 Å². The van der Waals surface area contributed by atoms with E-state index in [1.165, 1.54) is 0 Å². The molecule has 4 aromatic rings. The fourth-order valence-electron chi connectivity index (χ4n) is 3.61. The van der Waals surface area contributed by atoms with Crippen LogP contribution < -0.4 is 5.32 Å². The number of carbonyl (C=O) groups excluding carboxylic acids is 1. The van der Waals surface area contributed by atoms with Crippen molar-refractivity contribution in [2.24, 2.45) is 0 Å². The third kappa shape index (κ3) is 4.41. The molecule has 4 rings (SSSR count). The summed E-state index contributed by atoms with van der Waals surface area (Å²) in [6, 6.07) is 24.4. The number of rotatable bonds is 5. The van der Waals surface area contributed by atoms with Crippen LogP contribution in [0.4, 0.5) is 5.69 Å². The molecule has 3 aromatic carbocycles. The van der Waals surface area contributed by atoms with E-state index in [0.29, 0.717) is 22.6 Å². The van der Waals surface area contributed by atoms with E-state index < -0.39 is 0 Å². The molecule has 0 aliphatic rings. The first kappa shape index (κ1) is 21.4. The van der Waals surface area contributed by atoms with Gasteiger partial charge in [-0.25, -0.2) is 4.68 Å². The Labute approximate surface area is 191 Å². The molecule has 0 fully saturated rings. The molecule has 0 saturated carbocycles. The number of aromatic nitrogens is 2. The quantitative estimate of drug-likeness (QED) is 0.422. The Bertz CT molecular complexity index is 1320. The van der Waals surface area contributed by atoms with Gasteiger partial charge >= 0.3 is 0 Å². The summed E-state index contributed by atoms with van der Waals surface area (Å²) in [4.78, 5) is 12.5. The number of hydrogen-bond donors (Lipinski definition) is 1. The SMILES string of the molecule is Cc1nn(-c2ccc(C#N)c(Cl)c2)c(C)c1Cc1ccc(C(=O)Nc2ccccc2)cc1. The summed E-state index contributed by atoms with van der Waals surface area (Å²) < 4.78 is 1.85. The Morgan fingerprint density at radius 2 is 1.78 bits per heavy atom. The van der Waals surface area contributed by atoms with Crippen LogP contribution in [0.1, 0.15) is 38.4 Å². The maximum absolute atomic E-state index is 12.5. The van der Waals surface area contributed by atoms with Crippen molar-refractivity contribution in [1.29, 1.82) is 5.26 Å². The van der Waals surface area contributed by atoms with Crippen LogP contribution in [0, 0.1) is 25.2 Å². The lowest BCUT2D eigenvalue weighted by Gasteiger charge is -2.08. The molecular weight excluding hydrogens is 420 g/mol. The number of para-hydroxylation sites is 1. The summed E-state index contributed by atoms with van der Waals surface area (Å²) in [6.45, 7) is 3.99. The van der Waals surface area contributed by atoms with E-state index >= 15 is 0 Å². The number of hydrogen-bond acceptors (Lipinski definition) is 3. The summed E-state index contributed by atoms with van der Waals surface area (Å²) in [5.74, 6) is -0.138. The molecule has 32 heavy (non-hydrogen) atoms. The second kappa shape index (κ2) is 9.09. The van der Waals surface area contributed by atoms with Gasteiger partial charge in [0.25, 0.3) is 5.91 Å². The smallest absolute Gasteiger partial charge is 0.255 e. The van der Waals surface area contributed by atoms with Crippen LogP contribution in [-0.4, -0.2) is 15.7 Å². The predicted octanol–water partition coefficient (Wildman–Crippen LogP) is 5.86. The lowest BCUT2D eigenvalue weighted by molar-refractivity contribution is 0.102. The fourth-order valence-corrected chi connectivity index (χ4v) is 3.83. The second-order valence-electron chi connectivity index (χ2n) is 7.53. The van der Waals surface area contributed by atoms with Gasteiger partial charge in [-0.05, 0) is 61.9 Å². The van der Waals surface area contributed by atoms with Crippen LogP contribution in [0.5, 0.6) is 0 Å². The number of anilines is 1. The van der Waals surface area contributed by atoms with Crippen molar-refractivity contribution in [3.63, 3.8) is 0 Å². The van der Waals surface area contributed by atoms with Crippen molar-refractivity contribution >= 4 is 23.2 Å². The van der Waals surface area contributed by atoms with Crippen molar-refractivity contribution in [2.45, 2.75) is 20.3 Å². The molecule has 0 atom stereocenters. The van der Waals surface area contributed by atoms with E-state index in [9.17, 15) is 4.79 Å². The standard InChI is InChI=1S/C26H21ClN4O/c1-17-24(18(2)31(30-17)23-13-12-21(16-28)25(27)15-23)14-19-8-10-20(11-9-19)26(32)29-22-6-4-3-5-7-22/h3-13,15H,14H2,1-2H3,(H,29,32). The number of halogens is 1. The molecule has 0 saturated heterocycles. The largest absolute Gasteiger partial charge is 0.322 e. The highest BCUT2D eigenvalue weighted by molar-refractivity contribution is 6.31. The third-order valence-corrected chi connectivity index (χ3v) is 5.70. The highest BCUT2D eigenvalue weighted by atomic mass is 35.5. The summed E-state index contributed by atoms with van der Waals surface area (Å²) in [7, 11) is 0. The van der Waals surface area contributed by atoms with Gasteiger partial charge in [0, 0.05) is 28.9 Å². The van der Waals surface area contributed by atoms with Crippen LogP contribution in [0.3, 0.4) is 0 Å². The first-order valence-corrected chi connectivity index (χ1v) is 10.5. The van der Waals surface area contributed by atoms with Crippen molar-refractivity contribution < 1.29 is 4.79 Å². The van der Waals surface area contributed by atoms with E-state index in [0.717, 1.165) is 33.9 Å². The lowest BCUT2D eigenvalue weighted by Crippen LogP contribution is -2.11. The Morgan fingerprint density at radius 1 is 1.06 bits per heavy atom. The van der Waals surface area contributed by atoms with Gasteiger partial charge in [0.15, 0.2) is 0 Å². The number of nitrogens with one attached hydrogen (secondary N) is 1. The van der Waals surface area contributed by atoms with Crippen molar-refractivity contribution in [2.75, 3.05) is 5.32 Å². The summed E-state index contributed by atoms with van der Waals surface area (Å²) in [6.07, 6.45) is 0.697. The van der Waals surface area contributed by atoms with E-state index in [1.54, 1.807) is 12.1 Å². The van der Waals surface area contributed by atoms with Crippen molar-refractivity contribution in [3.8, 4) is 11.8 Å².